The molecule has 1 amide bonds. The van der Waals surface area contributed by atoms with Crippen LogP contribution in [0, 0.1) is 13.8 Å². The number of hydrogen-bond donors (Lipinski definition) is 1. The minimum absolute atomic E-state index is 0.0761. The van der Waals surface area contributed by atoms with E-state index in [0.717, 1.165) is 16.1 Å². The van der Waals surface area contributed by atoms with Gasteiger partial charge < -0.3 is 19.4 Å². The van der Waals surface area contributed by atoms with Crippen LogP contribution in [0.3, 0.4) is 0 Å². The number of halogens is 1. The molecule has 0 aliphatic carbocycles. The second kappa shape index (κ2) is 12.4. The quantitative estimate of drug-likeness (QED) is 0.269. The van der Waals surface area contributed by atoms with E-state index in [1.807, 2.05) is 44.4 Å². The third-order valence-electron chi connectivity index (χ3n) is 4.91. The van der Waals surface area contributed by atoms with Crippen molar-refractivity contribution >= 4 is 51.7 Å². The Kier molecular flexibility index (Phi) is 9.53. The van der Waals surface area contributed by atoms with Gasteiger partial charge in [0.25, 0.3) is 0 Å². The van der Waals surface area contributed by atoms with Crippen molar-refractivity contribution in [3.8, 4) is 5.75 Å². The minimum atomic E-state index is -0.348. The highest BCUT2D eigenvalue weighted by Gasteiger charge is 2.20. The second-order valence-electron chi connectivity index (χ2n) is 7.68. The molecule has 3 rings (SSSR count). The molecule has 9 nitrogen and oxygen atoms in total. The van der Waals surface area contributed by atoms with Gasteiger partial charge in [-0.15, -0.1) is 21.5 Å². The van der Waals surface area contributed by atoms with Crippen molar-refractivity contribution < 1.29 is 19.1 Å². The predicted molar refractivity (Wildman–Crippen MR) is 137 cm³/mol. The van der Waals surface area contributed by atoms with Crippen molar-refractivity contribution in [3.63, 3.8) is 0 Å². The van der Waals surface area contributed by atoms with Gasteiger partial charge in [0.15, 0.2) is 22.2 Å². The first-order valence-corrected chi connectivity index (χ1v) is 13.3. The number of nitrogens with zero attached hydrogens (tertiary/aromatic N) is 4. The minimum Gasteiger partial charge on any atom is -0.483 e. The fourth-order valence-electron chi connectivity index (χ4n) is 3.33. The lowest BCUT2D eigenvalue weighted by molar-refractivity contribution is -0.142. The Morgan fingerprint density at radius 1 is 1.23 bits per heavy atom. The van der Waals surface area contributed by atoms with E-state index in [-0.39, 0.29) is 30.2 Å². The van der Waals surface area contributed by atoms with E-state index in [1.54, 1.807) is 12.3 Å². The molecule has 1 atom stereocenters. The summed E-state index contributed by atoms with van der Waals surface area (Å²) < 4.78 is 13.0. The molecule has 12 heteroatoms. The summed E-state index contributed by atoms with van der Waals surface area (Å²) >= 11 is 8.80. The first-order chi connectivity index (χ1) is 16.7. The molecule has 0 aliphatic heterocycles. The fraction of sp³-hybridized carbons (Fsp3) is 0.435. The van der Waals surface area contributed by atoms with Crippen LogP contribution in [0.4, 0.5) is 5.13 Å². The summed E-state index contributed by atoms with van der Waals surface area (Å²) in [7, 11) is 0. The molecule has 0 saturated carbocycles. The summed E-state index contributed by atoms with van der Waals surface area (Å²) in [5, 5.41) is 14.8. The number of carbonyl (C=O) groups is 2. The summed E-state index contributed by atoms with van der Waals surface area (Å²) in [4.78, 5) is 28.3. The van der Waals surface area contributed by atoms with Crippen LogP contribution in [-0.2, 0) is 27.3 Å². The van der Waals surface area contributed by atoms with Crippen LogP contribution in [-0.4, -0.2) is 44.0 Å². The van der Waals surface area contributed by atoms with Crippen LogP contribution in [0.2, 0.25) is 5.02 Å². The number of ether oxygens (including phenoxy) is 2. The number of aryl methyl sites for hydroxylation is 2. The molecular weight excluding hydrogens is 510 g/mol. The highest BCUT2D eigenvalue weighted by Crippen LogP contribution is 2.30. The standard InChI is InChI=1S/C23H28ClN5O4S2/c1-6-29-21(15(5)33-17-8-13(3)20(24)14(4)9-17)27-28-23(29)35-12-18(30)26-22-25-16(11-34-22)10-19(31)32-7-2/h8-9,11,15H,6-7,10,12H2,1-5H3,(H,25,26,30). The molecule has 35 heavy (non-hydrogen) atoms. The van der Waals surface area contributed by atoms with E-state index in [1.165, 1.54) is 23.1 Å². The first-order valence-electron chi connectivity index (χ1n) is 11.1. The van der Waals surface area contributed by atoms with E-state index in [0.29, 0.717) is 40.7 Å². The number of carbonyl (C=O) groups excluding carboxylic acids is 2. The Balaban J connectivity index is 1.59. The molecule has 0 fully saturated rings. The molecule has 1 unspecified atom stereocenters. The maximum Gasteiger partial charge on any atom is 0.311 e. The lowest BCUT2D eigenvalue weighted by atomic mass is 10.1. The molecule has 0 radical (unpaired) electrons. The lowest BCUT2D eigenvalue weighted by Crippen LogP contribution is -2.15. The van der Waals surface area contributed by atoms with Gasteiger partial charge in [-0.3, -0.25) is 9.59 Å². The van der Waals surface area contributed by atoms with Gasteiger partial charge in [0, 0.05) is 16.9 Å². The average molecular weight is 538 g/mol. The first kappa shape index (κ1) is 27.0. The number of thiazole rings is 1. The largest absolute Gasteiger partial charge is 0.483 e. The summed E-state index contributed by atoms with van der Waals surface area (Å²) in [6.45, 7) is 10.5. The van der Waals surface area contributed by atoms with Crippen LogP contribution in [0.1, 0.15) is 49.5 Å². The molecule has 0 spiro atoms. The van der Waals surface area contributed by atoms with E-state index >= 15 is 0 Å². The van der Waals surface area contributed by atoms with Gasteiger partial charge in [-0.05, 0) is 57.9 Å². The van der Waals surface area contributed by atoms with Crippen molar-refractivity contribution in [1.82, 2.24) is 19.7 Å². The molecule has 1 N–H and O–H groups in total. The Hall–Kier alpha value is -2.63. The van der Waals surface area contributed by atoms with Gasteiger partial charge in [0.2, 0.25) is 5.91 Å². The predicted octanol–water partition coefficient (Wildman–Crippen LogP) is 5.00. The van der Waals surface area contributed by atoms with E-state index < -0.39 is 0 Å². The molecule has 1 aromatic carbocycles. The summed E-state index contributed by atoms with van der Waals surface area (Å²) in [6, 6.07) is 3.80. The fourth-order valence-corrected chi connectivity index (χ4v) is 4.97. The maximum atomic E-state index is 12.4. The number of anilines is 1. The lowest BCUT2D eigenvalue weighted by Gasteiger charge is -2.17. The third-order valence-corrected chi connectivity index (χ3v) is 7.28. The Labute approximate surface area is 217 Å². The number of nitrogens with one attached hydrogen (secondary N) is 1. The van der Waals surface area contributed by atoms with Gasteiger partial charge in [0.1, 0.15) is 5.75 Å². The van der Waals surface area contributed by atoms with Crippen LogP contribution in [0.25, 0.3) is 0 Å². The zero-order chi connectivity index (χ0) is 25.5. The Morgan fingerprint density at radius 3 is 2.60 bits per heavy atom. The highest BCUT2D eigenvalue weighted by molar-refractivity contribution is 7.99. The molecule has 0 saturated heterocycles. The number of amides is 1. The van der Waals surface area contributed by atoms with Crippen molar-refractivity contribution in [3.05, 3.63) is 45.2 Å². The Morgan fingerprint density at radius 2 is 1.94 bits per heavy atom. The van der Waals surface area contributed by atoms with Gasteiger partial charge in [0.05, 0.1) is 24.5 Å². The van der Waals surface area contributed by atoms with Gasteiger partial charge >= 0.3 is 5.97 Å². The van der Waals surface area contributed by atoms with Crippen LogP contribution in [0.5, 0.6) is 5.75 Å². The topological polar surface area (TPSA) is 108 Å². The molecule has 2 aromatic heterocycles. The summed E-state index contributed by atoms with van der Waals surface area (Å²) in [6.07, 6.45) is -0.272. The molecule has 3 aromatic rings. The number of aromatic nitrogens is 4. The summed E-state index contributed by atoms with van der Waals surface area (Å²) in [5.74, 6) is 0.942. The van der Waals surface area contributed by atoms with Gasteiger partial charge in [-0.2, -0.15) is 0 Å². The van der Waals surface area contributed by atoms with Crippen molar-refractivity contribution in [2.75, 3.05) is 17.7 Å². The highest BCUT2D eigenvalue weighted by atomic mass is 35.5. The molecule has 0 aliphatic rings. The summed E-state index contributed by atoms with van der Waals surface area (Å²) in [5.41, 5.74) is 2.45. The number of hydrogen-bond acceptors (Lipinski definition) is 9. The van der Waals surface area contributed by atoms with E-state index in [9.17, 15) is 9.59 Å². The van der Waals surface area contributed by atoms with Gasteiger partial charge in [-0.1, -0.05) is 23.4 Å². The number of benzene rings is 1. The van der Waals surface area contributed by atoms with Crippen LogP contribution >= 0.6 is 34.7 Å². The van der Waals surface area contributed by atoms with E-state index in [4.69, 9.17) is 21.1 Å². The number of thioether (sulfide) groups is 1. The van der Waals surface area contributed by atoms with Gasteiger partial charge in [-0.25, -0.2) is 4.98 Å². The monoisotopic (exact) mass is 537 g/mol. The molecular formula is C23H28ClN5O4S2. The third kappa shape index (κ3) is 7.18. The average Bonchev–Trinajstić information content (AvgIpc) is 3.42. The molecule has 0 bridgehead atoms. The maximum absolute atomic E-state index is 12.4. The van der Waals surface area contributed by atoms with Crippen molar-refractivity contribution in [1.29, 1.82) is 0 Å². The second-order valence-corrected chi connectivity index (χ2v) is 9.86. The van der Waals surface area contributed by atoms with E-state index in [2.05, 4.69) is 20.5 Å². The number of esters is 1. The SMILES string of the molecule is CCOC(=O)Cc1csc(NC(=O)CSc2nnc(C(C)Oc3cc(C)c(Cl)c(C)c3)n2CC)n1. The van der Waals surface area contributed by atoms with Crippen molar-refractivity contribution in [2.24, 2.45) is 0 Å². The van der Waals surface area contributed by atoms with Crippen LogP contribution in [0.15, 0.2) is 22.7 Å². The molecule has 188 valence electrons. The number of rotatable bonds is 11. The zero-order valence-electron chi connectivity index (χ0n) is 20.3. The zero-order valence-corrected chi connectivity index (χ0v) is 22.6. The van der Waals surface area contributed by atoms with Crippen molar-refractivity contribution in [2.45, 2.75) is 58.8 Å². The van der Waals surface area contributed by atoms with Crippen LogP contribution < -0.4 is 10.1 Å². The molecule has 2 heterocycles. The smallest absolute Gasteiger partial charge is 0.311 e. The Bertz CT molecular complexity index is 1170. The normalized spacial score (nSPS) is 11.8.